The van der Waals surface area contributed by atoms with E-state index in [2.05, 4.69) is 90.1 Å². The van der Waals surface area contributed by atoms with Gasteiger partial charge in [0.1, 0.15) is 0 Å². The van der Waals surface area contributed by atoms with Crippen molar-refractivity contribution in [3.8, 4) is 0 Å². The Morgan fingerprint density at radius 3 is 2.60 bits per heavy atom. The number of amides is 1. The fourth-order valence-corrected chi connectivity index (χ4v) is 6.19. The number of benzene rings is 2. The zero-order valence-electron chi connectivity index (χ0n) is 21.0. The van der Waals surface area contributed by atoms with Gasteiger partial charge in [0.2, 0.25) is 0 Å². The first-order valence-electron chi connectivity index (χ1n) is 13.0. The van der Waals surface area contributed by atoms with Crippen molar-refractivity contribution in [2.75, 3.05) is 33.7 Å². The van der Waals surface area contributed by atoms with Crippen LogP contribution in [0.25, 0.3) is 10.9 Å². The summed E-state index contributed by atoms with van der Waals surface area (Å²) >= 11 is 0. The Bertz CT molecular complexity index is 1120. The van der Waals surface area contributed by atoms with E-state index in [0.29, 0.717) is 18.4 Å². The summed E-state index contributed by atoms with van der Waals surface area (Å²) in [7, 11) is 4.37. The number of nitrogens with zero attached hydrogens (tertiary/aromatic N) is 2. The summed E-state index contributed by atoms with van der Waals surface area (Å²) < 4.78 is 0. The van der Waals surface area contributed by atoms with Crippen LogP contribution >= 0.6 is 0 Å². The second kappa shape index (κ2) is 10.4. The summed E-state index contributed by atoms with van der Waals surface area (Å²) in [6.45, 7) is 2.20. The van der Waals surface area contributed by atoms with Gasteiger partial charge in [-0.05, 0) is 75.7 Å². The lowest BCUT2D eigenvalue weighted by atomic mass is 9.72. The van der Waals surface area contributed by atoms with Gasteiger partial charge < -0.3 is 15.1 Å². The monoisotopic (exact) mass is 474 g/mol. The predicted molar refractivity (Wildman–Crippen MR) is 140 cm³/mol. The largest absolute Gasteiger partial charge is 0.426 e. The normalized spacial score (nSPS) is 25.6. The third kappa shape index (κ3) is 5.09. The zero-order chi connectivity index (χ0) is 24.3. The zero-order valence-corrected chi connectivity index (χ0v) is 21.0. The number of hydroxylamine groups is 2. The van der Waals surface area contributed by atoms with E-state index in [1.807, 2.05) is 5.06 Å². The van der Waals surface area contributed by atoms with Crippen LogP contribution in [0.1, 0.15) is 55.6 Å². The third-order valence-electron chi connectivity index (χ3n) is 8.29. The standard InChI is InChI=1S/C29H38N4O2/c1-32(2)29(24-10-4-3-5-11-24)16-14-22(15-17-29)19-31-28(34)35-33-18-8-9-23(21-33)26-20-30-27-13-7-6-12-25(26)27/h3-7,10-13,20,22-23,30H,8-9,14-19,21H2,1-2H3,(H,31,34). The highest BCUT2D eigenvalue weighted by Gasteiger charge is 2.38. The van der Waals surface area contributed by atoms with Crippen LogP contribution in [0, 0.1) is 5.92 Å². The molecule has 2 fully saturated rings. The average molecular weight is 475 g/mol. The lowest BCUT2D eigenvalue weighted by Gasteiger charge is -2.45. The summed E-state index contributed by atoms with van der Waals surface area (Å²) in [6, 6.07) is 19.3. The first-order chi connectivity index (χ1) is 17.0. The second-order valence-corrected chi connectivity index (χ2v) is 10.5. The van der Waals surface area contributed by atoms with E-state index in [9.17, 15) is 4.79 Å². The van der Waals surface area contributed by atoms with Crippen LogP contribution in [0.15, 0.2) is 60.8 Å². The van der Waals surface area contributed by atoms with E-state index in [1.165, 1.54) is 16.5 Å². The first kappa shape index (κ1) is 23.9. The number of rotatable bonds is 6. The van der Waals surface area contributed by atoms with Crippen molar-refractivity contribution in [1.82, 2.24) is 20.3 Å². The first-order valence-corrected chi connectivity index (χ1v) is 13.0. The summed E-state index contributed by atoms with van der Waals surface area (Å²) in [6.07, 6.45) is 8.32. The van der Waals surface area contributed by atoms with Gasteiger partial charge in [-0.15, -0.1) is 5.06 Å². The molecule has 2 N–H and O–H groups in total. The van der Waals surface area contributed by atoms with E-state index >= 15 is 0 Å². The van der Waals surface area contributed by atoms with E-state index in [4.69, 9.17) is 4.84 Å². The Hall–Kier alpha value is -2.83. The molecule has 186 valence electrons. The second-order valence-electron chi connectivity index (χ2n) is 10.5. The molecule has 0 radical (unpaired) electrons. The summed E-state index contributed by atoms with van der Waals surface area (Å²) in [5.74, 6) is 0.850. The van der Waals surface area contributed by atoms with Gasteiger partial charge in [0.25, 0.3) is 0 Å². The van der Waals surface area contributed by atoms with Crippen molar-refractivity contribution in [3.05, 3.63) is 71.9 Å². The number of aromatic nitrogens is 1. The molecule has 6 nitrogen and oxygen atoms in total. The summed E-state index contributed by atoms with van der Waals surface area (Å²) in [4.78, 5) is 24.1. The van der Waals surface area contributed by atoms with Crippen molar-refractivity contribution in [2.45, 2.75) is 50.0 Å². The Balaban J connectivity index is 1.11. The average Bonchev–Trinajstić information content (AvgIpc) is 3.33. The van der Waals surface area contributed by atoms with Gasteiger partial charge in [-0.25, -0.2) is 4.79 Å². The van der Waals surface area contributed by atoms with Crippen molar-refractivity contribution < 1.29 is 9.63 Å². The third-order valence-corrected chi connectivity index (χ3v) is 8.29. The number of carbonyl (C=O) groups excluding carboxylic acids is 1. The number of H-pyrrole nitrogens is 1. The maximum atomic E-state index is 12.6. The Morgan fingerprint density at radius 2 is 1.83 bits per heavy atom. The predicted octanol–water partition coefficient (Wildman–Crippen LogP) is 5.64. The maximum absolute atomic E-state index is 12.6. The van der Waals surface area contributed by atoms with Crippen molar-refractivity contribution in [1.29, 1.82) is 0 Å². The van der Waals surface area contributed by atoms with Crippen molar-refractivity contribution >= 4 is 17.0 Å². The molecule has 1 saturated heterocycles. The van der Waals surface area contributed by atoms with E-state index in [1.54, 1.807) is 0 Å². The minimum Gasteiger partial charge on any atom is -0.361 e. The van der Waals surface area contributed by atoms with Gasteiger partial charge in [-0.3, -0.25) is 4.90 Å². The number of aromatic amines is 1. The number of para-hydroxylation sites is 1. The molecule has 1 saturated carbocycles. The highest BCUT2D eigenvalue weighted by atomic mass is 16.7. The highest BCUT2D eigenvalue weighted by Crippen LogP contribution is 2.42. The van der Waals surface area contributed by atoms with Crippen LogP contribution in [0.3, 0.4) is 0 Å². The molecule has 2 aliphatic rings. The van der Waals surface area contributed by atoms with Gasteiger partial charge in [-0.1, -0.05) is 48.5 Å². The van der Waals surface area contributed by atoms with Gasteiger partial charge in [0.05, 0.1) is 0 Å². The minimum atomic E-state index is -0.322. The van der Waals surface area contributed by atoms with Gasteiger partial charge in [0.15, 0.2) is 0 Å². The summed E-state index contributed by atoms with van der Waals surface area (Å²) in [5.41, 5.74) is 3.96. The molecule has 5 rings (SSSR count). The molecular weight excluding hydrogens is 436 g/mol. The Morgan fingerprint density at radius 1 is 1.09 bits per heavy atom. The molecule has 1 unspecified atom stereocenters. The molecule has 1 aromatic heterocycles. The molecule has 1 aliphatic carbocycles. The molecule has 6 heteroatoms. The number of fused-ring (bicyclic) bond motifs is 1. The Kier molecular flexibility index (Phi) is 7.12. The number of carbonyl (C=O) groups is 1. The molecular formula is C29H38N4O2. The van der Waals surface area contributed by atoms with Crippen molar-refractivity contribution in [3.63, 3.8) is 0 Å². The molecule has 0 spiro atoms. The lowest BCUT2D eigenvalue weighted by molar-refractivity contribution is -0.115. The van der Waals surface area contributed by atoms with Crippen LogP contribution in [-0.2, 0) is 10.4 Å². The van der Waals surface area contributed by atoms with Crippen LogP contribution < -0.4 is 5.32 Å². The van der Waals surface area contributed by atoms with Crippen LogP contribution in [0.4, 0.5) is 4.79 Å². The topological polar surface area (TPSA) is 60.6 Å². The molecule has 0 bridgehead atoms. The van der Waals surface area contributed by atoms with E-state index in [-0.39, 0.29) is 11.6 Å². The fraction of sp³-hybridized carbons (Fsp3) is 0.483. The highest BCUT2D eigenvalue weighted by molar-refractivity contribution is 5.83. The SMILES string of the molecule is CN(C)C1(c2ccccc2)CCC(CNC(=O)ON2CCCC(c3c[nH]c4ccccc34)C2)CC1. The molecule has 35 heavy (non-hydrogen) atoms. The smallest absolute Gasteiger partial charge is 0.361 e. The number of nitrogens with one attached hydrogen (secondary N) is 2. The minimum absolute atomic E-state index is 0.0868. The van der Waals surface area contributed by atoms with Crippen LogP contribution in [0.5, 0.6) is 0 Å². The number of hydrogen-bond donors (Lipinski definition) is 2. The van der Waals surface area contributed by atoms with Gasteiger partial charge in [-0.2, -0.15) is 0 Å². The summed E-state index contributed by atoms with van der Waals surface area (Å²) in [5, 5.41) is 6.17. The maximum Gasteiger partial charge on any atom is 0.426 e. The molecule has 1 aliphatic heterocycles. The lowest BCUT2D eigenvalue weighted by Crippen LogP contribution is -2.46. The molecule has 1 atom stereocenters. The molecule has 2 aromatic carbocycles. The molecule has 1 amide bonds. The van der Waals surface area contributed by atoms with Gasteiger partial charge >= 0.3 is 6.09 Å². The quantitative estimate of drug-likeness (QED) is 0.486. The van der Waals surface area contributed by atoms with E-state index < -0.39 is 0 Å². The number of piperidine rings is 1. The van der Waals surface area contributed by atoms with Crippen molar-refractivity contribution in [2.24, 2.45) is 5.92 Å². The molecule has 3 aromatic rings. The molecule has 2 heterocycles. The fourth-order valence-electron chi connectivity index (χ4n) is 6.19. The van der Waals surface area contributed by atoms with Gasteiger partial charge in [0, 0.05) is 48.2 Å². The van der Waals surface area contributed by atoms with E-state index in [0.717, 1.165) is 57.1 Å². The van der Waals surface area contributed by atoms with Crippen LogP contribution in [-0.4, -0.2) is 54.8 Å². The Labute approximate surface area is 208 Å². The van der Waals surface area contributed by atoms with Crippen LogP contribution in [0.2, 0.25) is 0 Å². The number of hydrogen-bond acceptors (Lipinski definition) is 4.